The zero-order chi connectivity index (χ0) is 15.9. The molecule has 0 fully saturated rings. The monoisotopic (exact) mass is 358 g/mol. The summed E-state index contributed by atoms with van der Waals surface area (Å²) in [6.07, 6.45) is 0.152. The van der Waals surface area contributed by atoms with Gasteiger partial charge in [-0.15, -0.1) is 0 Å². The first kappa shape index (κ1) is 15.1. The van der Waals surface area contributed by atoms with Crippen LogP contribution in [0.5, 0.6) is 5.75 Å². The van der Waals surface area contributed by atoms with Crippen molar-refractivity contribution in [2.24, 2.45) is 0 Å². The minimum atomic E-state index is 0.152. The fourth-order valence-electron chi connectivity index (χ4n) is 2.40. The van der Waals surface area contributed by atoms with E-state index in [4.69, 9.17) is 9.72 Å². The molecule has 0 radical (unpaired) electrons. The molecule has 0 aliphatic carbocycles. The molecule has 4 heteroatoms. The second-order valence-corrected chi connectivity index (χ2v) is 6.71. The summed E-state index contributed by atoms with van der Waals surface area (Å²) in [6, 6.07) is 10.3. The summed E-state index contributed by atoms with van der Waals surface area (Å²) in [6.45, 7) is 8.26. The second kappa shape index (κ2) is 5.76. The molecule has 0 saturated heterocycles. The maximum absolute atomic E-state index is 5.75. The van der Waals surface area contributed by atoms with Crippen molar-refractivity contribution in [1.82, 2.24) is 9.97 Å². The molecule has 0 bridgehead atoms. The number of aromatic amines is 1. The lowest BCUT2D eigenvalue weighted by Gasteiger charge is -2.11. The van der Waals surface area contributed by atoms with Gasteiger partial charge in [0.2, 0.25) is 0 Å². The molecule has 1 N–H and O–H groups in total. The molecule has 1 aromatic heterocycles. The zero-order valence-corrected chi connectivity index (χ0v) is 14.8. The van der Waals surface area contributed by atoms with Gasteiger partial charge in [0.1, 0.15) is 11.6 Å². The number of ether oxygens (including phenoxy) is 1. The van der Waals surface area contributed by atoms with Gasteiger partial charge in [-0.3, -0.25) is 0 Å². The molecular formula is C18H19BrN2O. The molecule has 3 aromatic rings. The number of aryl methyl sites for hydroxylation is 2. The lowest BCUT2D eigenvalue weighted by Crippen LogP contribution is -2.05. The van der Waals surface area contributed by atoms with Crippen LogP contribution < -0.4 is 4.74 Å². The average Bonchev–Trinajstić information content (AvgIpc) is 2.84. The Balaban J connectivity index is 2.02. The highest BCUT2D eigenvalue weighted by Crippen LogP contribution is 2.31. The van der Waals surface area contributed by atoms with Crippen LogP contribution in [0.2, 0.25) is 0 Å². The van der Waals surface area contributed by atoms with E-state index in [2.05, 4.69) is 46.9 Å². The van der Waals surface area contributed by atoms with Crippen molar-refractivity contribution in [3.63, 3.8) is 0 Å². The van der Waals surface area contributed by atoms with Gasteiger partial charge in [0, 0.05) is 5.56 Å². The van der Waals surface area contributed by atoms with Crippen molar-refractivity contribution < 1.29 is 4.74 Å². The number of hydrogen-bond acceptors (Lipinski definition) is 2. The van der Waals surface area contributed by atoms with Crippen molar-refractivity contribution in [1.29, 1.82) is 0 Å². The minimum Gasteiger partial charge on any atom is -0.490 e. The Morgan fingerprint density at radius 1 is 1.09 bits per heavy atom. The average molecular weight is 359 g/mol. The number of hydrogen-bond donors (Lipinski definition) is 1. The van der Waals surface area contributed by atoms with E-state index in [1.54, 1.807) is 0 Å². The van der Waals surface area contributed by atoms with E-state index in [9.17, 15) is 0 Å². The van der Waals surface area contributed by atoms with Gasteiger partial charge >= 0.3 is 0 Å². The number of halogens is 1. The van der Waals surface area contributed by atoms with Crippen molar-refractivity contribution in [3.8, 4) is 17.1 Å². The van der Waals surface area contributed by atoms with Crippen molar-refractivity contribution in [2.75, 3.05) is 0 Å². The number of fused-ring (bicyclic) bond motifs is 1. The van der Waals surface area contributed by atoms with Gasteiger partial charge in [-0.2, -0.15) is 0 Å². The Labute approximate surface area is 138 Å². The largest absolute Gasteiger partial charge is 0.490 e. The van der Waals surface area contributed by atoms with E-state index in [-0.39, 0.29) is 6.10 Å². The predicted octanol–water partition coefficient (Wildman–Crippen LogP) is 5.40. The van der Waals surface area contributed by atoms with Crippen LogP contribution in [0.15, 0.2) is 34.8 Å². The first-order valence-electron chi connectivity index (χ1n) is 7.37. The van der Waals surface area contributed by atoms with Crippen LogP contribution in [-0.2, 0) is 0 Å². The lowest BCUT2D eigenvalue weighted by molar-refractivity contribution is 0.241. The number of H-pyrrole nitrogens is 1. The lowest BCUT2D eigenvalue weighted by atomic mass is 10.1. The molecule has 1 heterocycles. The Kier molecular flexibility index (Phi) is 3.96. The fraction of sp³-hybridized carbons (Fsp3) is 0.278. The maximum Gasteiger partial charge on any atom is 0.138 e. The van der Waals surface area contributed by atoms with Gasteiger partial charge in [0.05, 0.1) is 21.6 Å². The van der Waals surface area contributed by atoms with Gasteiger partial charge in [0.15, 0.2) is 0 Å². The molecule has 22 heavy (non-hydrogen) atoms. The molecule has 0 amide bonds. The highest BCUT2D eigenvalue weighted by Gasteiger charge is 2.10. The third-order valence-corrected chi connectivity index (χ3v) is 4.29. The highest BCUT2D eigenvalue weighted by atomic mass is 79.9. The van der Waals surface area contributed by atoms with E-state index >= 15 is 0 Å². The molecule has 2 aromatic carbocycles. The predicted molar refractivity (Wildman–Crippen MR) is 94.5 cm³/mol. The van der Waals surface area contributed by atoms with Gasteiger partial charge in [-0.05, 0) is 85.1 Å². The maximum atomic E-state index is 5.75. The Hall–Kier alpha value is -1.81. The molecular weight excluding hydrogens is 340 g/mol. The van der Waals surface area contributed by atoms with Crippen molar-refractivity contribution >= 4 is 27.0 Å². The van der Waals surface area contributed by atoms with Crippen LogP contribution in [0.25, 0.3) is 22.4 Å². The number of rotatable bonds is 3. The quantitative estimate of drug-likeness (QED) is 0.680. The number of aromatic nitrogens is 2. The molecule has 0 spiro atoms. The van der Waals surface area contributed by atoms with Crippen LogP contribution in [-0.4, -0.2) is 16.1 Å². The van der Waals surface area contributed by atoms with Gasteiger partial charge < -0.3 is 9.72 Å². The highest BCUT2D eigenvalue weighted by molar-refractivity contribution is 9.10. The Morgan fingerprint density at radius 2 is 1.82 bits per heavy atom. The summed E-state index contributed by atoms with van der Waals surface area (Å²) in [5, 5.41) is 0. The normalized spacial score (nSPS) is 11.4. The van der Waals surface area contributed by atoms with Gasteiger partial charge in [0.25, 0.3) is 0 Å². The van der Waals surface area contributed by atoms with E-state index in [0.29, 0.717) is 0 Å². The Bertz CT molecular complexity index is 797. The second-order valence-electron chi connectivity index (χ2n) is 5.85. The summed E-state index contributed by atoms with van der Waals surface area (Å²) in [4.78, 5) is 8.09. The molecule has 0 saturated carbocycles. The molecule has 3 rings (SSSR count). The Morgan fingerprint density at radius 3 is 2.50 bits per heavy atom. The van der Waals surface area contributed by atoms with E-state index in [1.807, 2.05) is 32.0 Å². The van der Waals surface area contributed by atoms with Crippen LogP contribution in [0.4, 0.5) is 0 Å². The van der Waals surface area contributed by atoms with Crippen LogP contribution in [0, 0.1) is 13.8 Å². The first-order valence-corrected chi connectivity index (χ1v) is 8.17. The fourth-order valence-corrected chi connectivity index (χ4v) is 2.88. The van der Waals surface area contributed by atoms with Crippen LogP contribution >= 0.6 is 15.9 Å². The minimum absolute atomic E-state index is 0.152. The van der Waals surface area contributed by atoms with E-state index < -0.39 is 0 Å². The van der Waals surface area contributed by atoms with E-state index in [1.165, 1.54) is 11.1 Å². The number of benzene rings is 2. The number of nitrogens with zero attached hydrogens (tertiary/aromatic N) is 1. The molecule has 0 atom stereocenters. The van der Waals surface area contributed by atoms with Crippen molar-refractivity contribution in [3.05, 3.63) is 45.9 Å². The molecule has 114 valence electrons. The molecule has 0 unspecified atom stereocenters. The third kappa shape index (κ3) is 2.88. The van der Waals surface area contributed by atoms with Crippen LogP contribution in [0.3, 0.4) is 0 Å². The summed E-state index contributed by atoms with van der Waals surface area (Å²) >= 11 is 3.57. The molecule has 0 aliphatic heterocycles. The smallest absolute Gasteiger partial charge is 0.138 e. The zero-order valence-electron chi connectivity index (χ0n) is 13.2. The topological polar surface area (TPSA) is 37.9 Å². The summed E-state index contributed by atoms with van der Waals surface area (Å²) < 4.78 is 6.69. The summed E-state index contributed by atoms with van der Waals surface area (Å²) in [5.74, 6) is 1.72. The molecule has 3 nitrogen and oxygen atoms in total. The number of imidazole rings is 1. The number of nitrogens with one attached hydrogen (secondary N) is 1. The van der Waals surface area contributed by atoms with Crippen LogP contribution in [0.1, 0.15) is 25.0 Å². The third-order valence-electron chi connectivity index (χ3n) is 3.67. The first-order chi connectivity index (χ1) is 10.4. The van der Waals surface area contributed by atoms with E-state index in [0.717, 1.165) is 32.6 Å². The van der Waals surface area contributed by atoms with Gasteiger partial charge in [-0.25, -0.2) is 4.98 Å². The summed E-state index contributed by atoms with van der Waals surface area (Å²) in [5.41, 5.74) is 5.62. The summed E-state index contributed by atoms with van der Waals surface area (Å²) in [7, 11) is 0. The SMILES string of the molecule is Cc1cc2nc(-c3ccc(OC(C)C)c(Br)c3)[nH]c2cc1C. The van der Waals surface area contributed by atoms with Gasteiger partial charge in [-0.1, -0.05) is 0 Å². The van der Waals surface area contributed by atoms with Crippen molar-refractivity contribution in [2.45, 2.75) is 33.8 Å². The molecule has 0 aliphatic rings. The standard InChI is InChI=1S/C18H19BrN2O/c1-10(2)22-17-6-5-13(9-14(17)19)18-20-15-7-11(3)12(4)8-16(15)21-18/h5-10H,1-4H3,(H,20,21).